The average molecular weight is 463 g/mol. The van der Waals surface area contributed by atoms with Crippen LogP contribution in [0.3, 0.4) is 0 Å². The summed E-state index contributed by atoms with van der Waals surface area (Å²) in [4.78, 5) is 59.5. The van der Waals surface area contributed by atoms with E-state index in [2.05, 4.69) is 0 Å². The predicted octanol–water partition coefficient (Wildman–Crippen LogP) is 2.23. The zero-order valence-corrected chi connectivity index (χ0v) is 14.4. The van der Waals surface area contributed by atoms with Gasteiger partial charge in [0.25, 0.3) is 11.4 Å². The first-order chi connectivity index (χ1) is 14.3. The Morgan fingerprint density at radius 2 is 0.688 bits per heavy atom. The molecule has 0 unspecified atom stereocenters. The van der Waals surface area contributed by atoms with Crippen LogP contribution in [0.2, 0.25) is 0 Å². The van der Waals surface area contributed by atoms with Crippen molar-refractivity contribution in [3.63, 3.8) is 0 Å². The number of anilines is 2. The Balaban J connectivity index is 0.00000512. The zero-order valence-electron chi connectivity index (χ0n) is 14.4. The first-order valence-corrected chi connectivity index (χ1v) is 7.34. The number of hydrogen-bond donors (Lipinski definition) is 1. The quantitative estimate of drug-likeness (QED) is 0.334. The summed E-state index contributed by atoms with van der Waals surface area (Å²) in [6, 6.07) is 1.16. The van der Waals surface area contributed by atoms with Gasteiger partial charge in [0.1, 0.15) is 0 Å². The van der Waals surface area contributed by atoms with Crippen molar-refractivity contribution in [3.05, 3.63) is 85.0 Å². The van der Waals surface area contributed by atoms with Crippen molar-refractivity contribution in [2.24, 2.45) is 0 Å². The molecule has 0 aliphatic rings. The Kier molecular flexibility index (Phi) is 7.73. The molecule has 1 N–H and O–H groups in total. The third kappa shape index (κ3) is 5.03. The average Bonchev–Trinajstić information content (AvgIpc) is 2.66. The first kappa shape index (κ1) is 25.7. The van der Waals surface area contributed by atoms with Crippen molar-refractivity contribution in [3.8, 4) is 0 Å². The normalized spacial score (nSPS) is 9.88. The molecule has 2 aromatic rings. The number of nitro groups is 6. The van der Waals surface area contributed by atoms with E-state index in [0.29, 0.717) is 24.3 Å². The molecule has 0 amide bonds. The van der Waals surface area contributed by atoms with Crippen LogP contribution >= 0.6 is 0 Å². The van der Waals surface area contributed by atoms with Crippen LogP contribution in [0.15, 0.2) is 24.3 Å². The third-order valence-electron chi connectivity index (χ3n) is 3.62. The molecule has 0 saturated carbocycles. The van der Waals surface area contributed by atoms with Gasteiger partial charge in [-0.25, -0.2) is 0 Å². The van der Waals surface area contributed by atoms with Gasteiger partial charge >= 0.3 is 52.3 Å². The van der Waals surface area contributed by atoms with Gasteiger partial charge in [-0.2, -0.15) is 0 Å². The van der Waals surface area contributed by atoms with Crippen LogP contribution in [-0.4, -0.2) is 59.1 Å². The van der Waals surface area contributed by atoms with Crippen molar-refractivity contribution < 1.29 is 29.5 Å². The minimum atomic E-state index is -1.30. The van der Waals surface area contributed by atoms with Crippen LogP contribution in [0.4, 0.5) is 45.5 Å². The first-order valence-electron chi connectivity index (χ1n) is 7.34. The molecule has 0 aliphatic heterocycles. The van der Waals surface area contributed by atoms with E-state index in [9.17, 15) is 60.7 Å². The van der Waals surface area contributed by atoms with Gasteiger partial charge in [0.15, 0.2) is 11.4 Å². The number of non-ortho nitro benzene ring substituents is 2. The number of benzene rings is 2. The number of nitro benzene ring substituents is 6. The molecular formula is C12H6N7NaO12. The van der Waals surface area contributed by atoms with Gasteiger partial charge in [-0.15, -0.1) is 0 Å². The Morgan fingerprint density at radius 3 is 0.844 bits per heavy atom. The van der Waals surface area contributed by atoms with E-state index in [4.69, 9.17) is 0 Å². The van der Waals surface area contributed by atoms with Crippen molar-refractivity contribution in [2.75, 3.05) is 5.32 Å². The monoisotopic (exact) mass is 463 g/mol. The molecule has 162 valence electrons. The van der Waals surface area contributed by atoms with E-state index in [1.165, 1.54) is 0 Å². The van der Waals surface area contributed by atoms with Gasteiger partial charge in [0, 0.05) is 0 Å². The standard InChI is InChI=1S/C12H5N7O12.Na.H/c20-14(21)5-1-7(16(24)25)11(8(2-5)17(26)27)13-12-9(18(28)29)3-6(15(22)23)4-10(12)19(30)31;;/h1-4,13H;;. The van der Waals surface area contributed by atoms with E-state index in [0.717, 1.165) is 0 Å². The third-order valence-corrected chi connectivity index (χ3v) is 3.62. The van der Waals surface area contributed by atoms with Crippen LogP contribution < -0.4 is 5.32 Å². The summed E-state index contributed by atoms with van der Waals surface area (Å²) in [6.45, 7) is 0. The van der Waals surface area contributed by atoms with Crippen molar-refractivity contribution in [1.29, 1.82) is 0 Å². The maximum atomic E-state index is 11.3. The molecule has 0 atom stereocenters. The fraction of sp³-hybridized carbons (Fsp3) is 0. The zero-order chi connectivity index (χ0) is 23.6. The summed E-state index contributed by atoms with van der Waals surface area (Å²) >= 11 is 0. The maximum absolute atomic E-state index is 11.3. The summed E-state index contributed by atoms with van der Waals surface area (Å²) in [5, 5.41) is 68.9. The van der Waals surface area contributed by atoms with Crippen molar-refractivity contribution in [1.82, 2.24) is 0 Å². The van der Waals surface area contributed by atoms with E-state index in [1.54, 1.807) is 0 Å². The molecule has 0 bridgehead atoms. The Hall–Kier alpha value is -4.36. The summed E-state index contributed by atoms with van der Waals surface area (Å²) in [6.07, 6.45) is 0. The van der Waals surface area contributed by atoms with E-state index < -0.39 is 75.0 Å². The van der Waals surface area contributed by atoms with E-state index in [1.807, 2.05) is 5.32 Å². The molecule has 0 spiro atoms. The molecule has 0 fully saturated rings. The van der Waals surface area contributed by atoms with Gasteiger partial charge < -0.3 is 5.32 Å². The molecule has 0 aromatic heterocycles. The molecule has 0 heterocycles. The van der Waals surface area contributed by atoms with Crippen LogP contribution in [-0.2, 0) is 0 Å². The second-order valence-corrected chi connectivity index (χ2v) is 5.39. The Bertz CT molecular complexity index is 1040. The second-order valence-electron chi connectivity index (χ2n) is 5.39. The number of rotatable bonds is 8. The van der Waals surface area contributed by atoms with Crippen LogP contribution in [0.5, 0.6) is 0 Å². The fourth-order valence-corrected chi connectivity index (χ4v) is 2.36. The summed E-state index contributed by atoms with van der Waals surface area (Å²) in [5.74, 6) is 0. The van der Waals surface area contributed by atoms with Crippen LogP contribution in [0.1, 0.15) is 0 Å². The van der Waals surface area contributed by atoms with Gasteiger partial charge in [-0.3, -0.25) is 60.7 Å². The fourth-order valence-electron chi connectivity index (χ4n) is 2.36. The summed E-state index contributed by atoms with van der Waals surface area (Å²) in [5.41, 5.74) is -9.66. The SMILES string of the molecule is O=[N+]([O-])c1cc([N+](=O)[O-])c(Nc2c([N+](=O)[O-])cc([N+](=O)[O-])cc2[N+](=O)[O-])c([N+](=O)[O-])c1.[NaH]. The molecule has 0 radical (unpaired) electrons. The Morgan fingerprint density at radius 1 is 0.469 bits per heavy atom. The number of nitrogens with one attached hydrogen (secondary N) is 1. The topological polar surface area (TPSA) is 271 Å². The minimum absolute atomic E-state index is 0. The second kappa shape index (κ2) is 9.63. The summed E-state index contributed by atoms with van der Waals surface area (Å²) < 4.78 is 0. The van der Waals surface area contributed by atoms with Crippen molar-refractivity contribution in [2.45, 2.75) is 0 Å². The molecule has 2 rings (SSSR count). The van der Waals surface area contributed by atoms with Gasteiger partial charge in [-0.1, -0.05) is 0 Å². The molecular weight excluding hydrogens is 457 g/mol. The molecule has 32 heavy (non-hydrogen) atoms. The van der Waals surface area contributed by atoms with Crippen LogP contribution in [0, 0.1) is 60.7 Å². The molecule has 0 aliphatic carbocycles. The van der Waals surface area contributed by atoms with Gasteiger partial charge in [-0.05, 0) is 0 Å². The number of hydrogen-bond acceptors (Lipinski definition) is 13. The molecule has 0 saturated heterocycles. The Labute approximate surface area is 194 Å². The number of nitrogens with zero attached hydrogens (tertiary/aromatic N) is 6. The van der Waals surface area contributed by atoms with E-state index in [-0.39, 0.29) is 29.6 Å². The van der Waals surface area contributed by atoms with Crippen LogP contribution in [0.25, 0.3) is 0 Å². The van der Waals surface area contributed by atoms with E-state index >= 15 is 0 Å². The molecule has 2 aromatic carbocycles. The predicted molar refractivity (Wildman–Crippen MR) is 103 cm³/mol. The van der Waals surface area contributed by atoms with Crippen molar-refractivity contribution >= 4 is 75.1 Å². The van der Waals surface area contributed by atoms with Gasteiger partial charge in [0.05, 0.1) is 53.8 Å². The summed E-state index contributed by atoms with van der Waals surface area (Å²) in [7, 11) is 0. The molecule has 20 heteroatoms. The van der Waals surface area contributed by atoms with Gasteiger partial charge in [0.2, 0.25) is 0 Å². The molecule has 19 nitrogen and oxygen atoms in total.